The van der Waals surface area contributed by atoms with Gasteiger partial charge in [0.05, 0.1) is 6.04 Å². The van der Waals surface area contributed by atoms with Crippen LogP contribution >= 0.6 is 0 Å². The summed E-state index contributed by atoms with van der Waals surface area (Å²) in [4.78, 5) is 30.8. The number of ether oxygens (including phenoxy) is 1. The van der Waals surface area contributed by atoms with Crippen molar-refractivity contribution in [1.29, 1.82) is 0 Å². The molecular weight excluding hydrogens is 438 g/mol. The second kappa shape index (κ2) is 9.65. The summed E-state index contributed by atoms with van der Waals surface area (Å²) in [6.45, 7) is 14.2. The Morgan fingerprint density at radius 1 is 1.00 bits per heavy atom. The summed E-state index contributed by atoms with van der Waals surface area (Å²) in [6, 6.07) is 14.6. The van der Waals surface area contributed by atoms with Crippen molar-refractivity contribution in [3.63, 3.8) is 0 Å². The minimum Gasteiger partial charge on any atom is -0.444 e. The van der Waals surface area contributed by atoms with Crippen LogP contribution in [-0.4, -0.2) is 53.6 Å². The van der Waals surface area contributed by atoms with Crippen molar-refractivity contribution in [3.05, 3.63) is 70.3 Å². The number of carbonyl (C=O) groups is 2. The molecule has 1 aliphatic heterocycles. The molecule has 2 atom stereocenters. The summed E-state index contributed by atoms with van der Waals surface area (Å²) < 4.78 is 5.58. The SMILES string of the molecule is Cc1cc(C)cc(C(C)NC(=O)C2(N3CCN(C(=O)OC(C)(C)C)CC3)CCc3ccccc32)c1. The molecule has 6 nitrogen and oxygen atoms in total. The van der Waals surface area contributed by atoms with Gasteiger partial charge in [-0.15, -0.1) is 0 Å². The third-order valence-electron chi connectivity index (χ3n) is 7.16. The van der Waals surface area contributed by atoms with Gasteiger partial charge < -0.3 is 15.0 Å². The number of hydrogen-bond donors (Lipinski definition) is 1. The number of fused-ring (bicyclic) bond motifs is 1. The first kappa shape index (κ1) is 25.2. The molecule has 0 spiro atoms. The lowest BCUT2D eigenvalue weighted by Crippen LogP contribution is -2.61. The molecule has 1 fully saturated rings. The van der Waals surface area contributed by atoms with Gasteiger partial charge in [0.25, 0.3) is 0 Å². The number of nitrogens with zero attached hydrogens (tertiary/aromatic N) is 2. The van der Waals surface area contributed by atoms with Crippen molar-refractivity contribution in [2.75, 3.05) is 26.2 Å². The molecular formula is C29H39N3O3. The molecule has 2 aromatic carbocycles. The molecule has 4 rings (SSSR count). The predicted molar refractivity (Wildman–Crippen MR) is 138 cm³/mol. The van der Waals surface area contributed by atoms with Gasteiger partial charge in [0.1, 0.15) is 11.1 Å². The quantitative estimate of drug-likeness (QED) is 0.682. The number of benzene rings is 2. The molecule has 2 unspecified atom stereocenters. The summed E-state index contributed by atoms with van der Waals surface area (Å²) in [5.74, 6) is 0.0415. The highest BCUT2D eigenvalue weighted by atomic mass is 16.6. The van der Waals surface area contributed by atoms with Crippen LogP contribution in [0.4, 0.5) is 4.79 Å². The summed E-state index contributed by atoms with van der Waals surface area (Å²) in [5.41, 5.74) is 4.58. The van der Waals surface area contributed by atoms with E-state index in [9.17, 15) is 9.59 Å². The predicted octanol–water partition coefficient (Wildman–Crippen LogP) is 4.88. The highest BCUT2D eigenvalue weighted by molar-refractivity contribution is 5.89. The van der Waals surface area contributed by atoms with Crippen LogP contribution in [0.3, 0.4) is 0 Å². The van der Waals surface area contributed by atoms with E-state index in [4.69, 9.17) is 4.74 Å². The molecule has 1 heterocycles. The maximum atomic E-state index is 14.1. The normalized spacial score (nSPS) is 21.4. The van der Waals surface area contributed by atoms with Crippen LogP contribution in [0.15, 0.2) is 42.5 Å². The van der Waals surface area contributed by atoms with Crippen LogP contribution in [0, 0.1) is 13.8 Å². The van der Waals surface area contributed by atoms with E-state index in [-0.39, 0.29) is 18.0 Å². The summed E-state index contributed by atoms with van der Waals surface area (Å²) in [7, 11) is 0. The van der Waals surface area contributed by atoms with E-state index in [1.807, 2.05) is 32.9 Å². The Morgan fingerprint density at radius 3 is 2.26 bits per heavy atom. The monoisotopic (exact) mass is 477 g/mol. The van der Waals surface area contributed by atoms with E-state index in [1.165, 1.54) is 16.7 Å². The van der Waals surface area contributed by atoms with Gasteiger partial charge in [0.15, 0.2) is 0 Å². The summed E-state index contributed by atoms with van der Waals surface area (Å²) >= 11 is 0. The maximum Gasteiger partial charge on any atom is 0.410 e. The van der Waals surface area contributed by atoms with Gasteiger partial charge in [0.2, 0.25) is 5.91 Å². The van der Waals surface area contributed by atoms with Crippen molar-refractivity contribution in [2.45, 2.75) is 71.6 Å². The number of carbonyl (C=O) groups excluding carboxylic acids is 2. The van der Waals surface area contributed by atoms with Crippen LogP contribution in [0.1, 0.15) is 68.0 Å². The maximum absolute atomic E-state index is 14.1. The van der Waals surface area contributed by atoms with E-state index in [0.717, 1.165) is 24.0 Å². The number of aryl methyl sites for hydroxylation is 3. The Labute approximate surface area is 209 Å². The Balaban J connectivity index is 1.57. The lowest BCUT2D eigenvalue weighted by molar-refractivity contribution is -0.136. The molecule has 35 heavy (non-hydrogen) atoms. The van der Waals surface area contributed by atoms with Crippen molar-refractivity contribution in [3.8, 4) is 0 Å². The largest absolute Gasteiger partial charge is 0.444 e. The zero-order chi connectivity index (χ0) is 25.4. The fourth-order valence-electron chi connectivity index (χ4n) is 5.56. The van der Waals surface area contributed by atoms with Crippen LogP contribution in [-0.2, 0) is 21.5 Å². The van der Waals surface area contributed by atoms with Crippen molar-refractivity contribution < 1.29 is 14.3 Å². The summed E-state index contributed by atoms with van der Waals surface area (Å²) in [5, 5.41) is 3.35. The molecule has 0 bridgehead atoms. The first-order valence-corrected chi connectivity index (χ1v) is 12.7. The Kier molecular flexibility index (Phi) is 6.96. The van der Waals surface area contributed by atoms with Crippen LogP contribution in [0.5, 0.6) is 0 Å². The van der Waals surface area contributed by atoms with E-state index < -0.39 is 11.1 Å². The number of amides is 2. The molecule has 2 amide bonds. The van der Waals surface area contributed by atoms with Crippen LogP contribution in [0.25, 0.3) is 0 Å². The highest BCUT2D eigenvalue weighted by Gasteiger charge is 2.50. The van der Waals surface area contributed by atoms with Crippen LogP contribution in [0.2, 0.25) is 0 Å². The lowest BCUT2D eigenvalue weighted by Gasteiger charge is -2.45. The van der Waals surface area contributed by atoms with Gasteiger partial charge in [-0.05, 0) is 71.1 Å². The Hall–Kier alpha value is -2.86. The molecule has 2 aromatic rings. The fourth-order valence-corrected chi connectivity index (χ4v) is 5.56. The minimum absolute atomic E-state index is 0.0415. The van der Waals surface area contributed by atoms with Gasteiger partial charge >= 0.3 is 6.09 Å². The van der Waals surface area contributed by atoms with Gasteiger partial charge in [-0.25, -0.2) is 4.79 Å². The number of nitrogens with one attached hydrogen (secondary N) is 1. The van der Waals surface area contributed by atoms with E-state index in [2.05, 4.69) is 61.3 Å². The van der Waals surface area contributed by atoms with Gasteiger partial charge in [-0.2, -0.15) is 0 Å². The standard InChI is InChI=1S/C29H39N3O3/c1-20-17-21(2)19-24(18-20)22(3)30-26(33)29(12-11-23-9-7-8-10-25(23)29)32-15-13-31(14-16-32)27(34)35-28(4,5)6/h7-10,17-19,22H,11-16H2,1-6H3,(H,30,33). The zero-order valence-electron chi connectivity index (χ0n) is 22.0. The lowest BCUT2D eigenvalue weighted by atomic mass is 9.87. The van der Waals surface area contributed by atoms with Gasteiger partial charge in [-0.3, -0.25) is 9.69 Å². The average Bonchev–Trinajstić information content (AvgIpc) is 3.18. The minimum atomic E-state index is -0.732. The number of hydrogen-bond acceptors (Lipinski definition) is 4. The van der Waals surface area contributed by atoms with E-state index in [1.54, 1.807) is 4.90 Å². The first-order chi connectivity index (χ1) is 16.5. The molecule has 0 saturated carbocycles. The van der Waals surface area contributed by atoms with E-state index >= 15 is 0 Å². The highest BCUT2D eigenvalue weighted by Crippen LogP contribution is 2.43. The second-order valence-corrected chi connectivity index (χ2v) is 11.1. The molecule has 0 radical (unpaired) electrons. The van der Waals surface area contributed by atoms with Crippen molar-refractivity contribution in [2.24, 2.45) is 0 Å². The molecule has 1 N–H and O–H groups in total. The third kappa shape index (κ3) is 5.22. The number of piperazine rings is 1. The van der Waals surface area contributed by atoms with Crippen molar-refractivity contribution >= 4 is 12.0 Å². The first-order valence-electron chi connectivity index (χ1n) is 12.7. The van der Waals surface area contributed by atoms with Gasteiger partial charge in [0, 0.05) is 26.2 Å². The van der Waals surface area contributed by atoms with E-state index in [0.29, 0.717) is 26.2 Å². The third-order valence-corrected chi connectivity index (χ3v) is 7.16. The second-order valence-electron chi connectivity index (χ2n) is 11.1. The molecule has 0 aromatic heterocycles. The van der Waals surface area contributed by atoms with Gasteiger partial charge in [-0.1, -0.05) is 53.6 Å². The van der Waals surface area contributed by atoms with Crippen molar-refractivity contribution in [1.82, 2.24) is 15.1 Å². The zero-order valence-corrected chi connectivity index (χ0v) is 22.0. The van der Waals surface area contributed by atoms with Crippen LogP contribution < -0.4 is 5.32 Å². The number of rotatable bonds is 4. The molecule has 1 saturated heterocycles. The molecule has 188 valence electrons. The topological polar surface area (TPSA) is 61.9 Å². The molecule has 2 aliphatic rings. The fraction of sp³-hybridized carbons (Fsp3) is 0.517. The smallest absolute Gasteiger partial charge is 0.410 e. The molecule has 1 aliphatic carbocycles. The Morgan fingerprint density at radius 2 is 1.63 bits per heavy atom. The summed E-state index contributed by atoms with van der Waals surface area (Å²) in [6.07, 6.45) is 1.32. The molecule has 6 heteroatoms. The average molecular weight is 478 g/mol. The Bertz CT molecular complexity index is 1080.